The number of aryl methyl sites for hydroxylation is 2. The average Bonchev–Trinajstić information content (AvgIpc) is 2.73. The Morgan fingerprint density at radius 3 is 2.75 bits per heavy atom. The fourth-order valence-electron chi connectivity index (χ4n) is 2.37. The van der Waals surface area contributed by atoms with Gasteiger partial charge >= 0.3 is 0 Å². The van der Waals surface area contributed by atoms with Crippen molar-refractivity contribution in [2.24, 2.45) is 7.05 Å². The second-order valence-corrected chi connectivity index (χ2v) is 5.04. The van der Waals surface area contributed by atoms with Gasteiger partial charge in [0, 0.05) is 18.6 Å². The summed E-state index contributed by atoms with van der Waals surface area (Å²) < 4.78 is 7.88. The Balaban J connectivity index is 1.86. The van der Waals surface area contributed by atoms with Gasteiger partial charge in [0.15, 0.2) is 0 Å². The maximum Gasteiger partial charge on any atom is 0.128 e. The van der Waals surface area contributed by atoms with Gasteiger partial charge in [0.1, 0.15) is 18.1 Å². The molecule has 0 radical (unpaired) electrons. The number of nitrogens with zero attached hydrogens (tertiary/aromatic N) is 1. The number of hydrogen-bond donors (Lipinski definition) is 1. The molecule has 0 aliphatic heterocycles. The molecule has 0 aliphatic rings. The molecule has 20 heavy (non-hydrogen) atoms. The van der Waals surface area contributed by atoms with Crippen molar-refractivity contribution in [3.63, 3.8) is 0 Å². The molecule has 0 amide bonds. The molecule has 3 aromatic rings. The number of aromatic hydroxyl groups is 1. The van der Waals surface area contributed by atoms with Gasteiger partial charge in [-0.15, -0.1) is 0 Å². The number of phenolic OH excluding ortho intramolecular Hbond substituents is 1. The van der Waals surface area contributed by atoms with Crippen molar-refractivity contribution >= 4 is 10.9 Å². The van der Waals surface area contributed by atoms with Crippen LogP contribution in [0.5, 0.6) is 11.5 Å². The number of hydrogen-bond acceptors (Lipinski definition) is 2. The van der Waals surface area contributed by atoms with Crippen LogP contribution in [0.2, 0.25) is 0 Å². The Bertz CT molecular complexity index is 759. The van der Waals surface area contributed by atoms with E-state index in [9.17, 15) is 5.11 Å². The van der Waals surface area contributed by atoms with Crippen molar-refractivity contribution in [2.45, 2.75) is 13.5 Å². The summed E-state index contributed by atoms with van der Waals surface area (Å²) in [5.41, 5.74) is 3.56. The zero-order chi connectivity index (χ0) is 14.1. The first-order valence-corrected chi connectivity index (χ1v) is 6.60. The Kier molecular flexibility index (Phi) is 3.11. The summed E-state index contributed by atoms with van der Waals surface area (Å²) in [4.78, 5) is 0. The summed E-state index contributed by atoms with van der Waals surface area (Å²) in [6, 6.07) is 15.4. The van der Waals surface area contributed by atoms with Crippen LogP contribution in [0.1, 0.15) is 11.3 Å². The minimum absolute atomic E-state index is 0.218. The van der Waals surface area contributed by atoms with Gasteiger partial charge in [-0.2, -0.15) is 0 Å². The average molecular weight is 267 g/mol. The first-order chi connectivity index (χ1) is 9.63. The van der Waals surface area contributed by atoms with E-state index < -0.39 is 0 Å². The molecule has 3 nitrogen and oxygen atoms in total. The number of ether oxygens (including phenoxy) is 1. The first kappa shape index (κ1) is 12.6. The van der Waals surface area contributed by atoms with E-state index in [2.05, 4.69) is 35.8 Å². The van der Waals surface area contributed by atoms with Crippen LogP contribution >= 0.6 is 0 Å². The van der Waals surface area contributed by atoms with Gasteiger partial charge in [-0.3, -0.25) is 0 Å². The van der Waals surface area contributed by atoms with Crippen molar-refractivity contribution in [3.8, 4) is 11.5 Å². The fourth-order valence-corrected chi connectivity index (χ4v) is 2.37. The van der Waals surface area contributed by atoms with E-state index >= 15 is 0 Å². The van der Waals surface area contributed by atoms with Gasteiger partial charge in [0.25, 0.3) is 0 Å². The van der Waals surface area contributed by atoms with E-state index in [0.717, 1.165) is 5.69 Å². The lowest BCUT2D eigenvalue weighted by molar-refractivity contribution is 0.296. The van der Waals surface area contributed by atoms with Crippen molar-refractivity contribution in [3.05, 3.63) is 59.8 Å². The van der Waals surface area contributed by atoms with Crippen molar-refractivity contribution in [1.29, 1.82) is 0 Å². The van der Waals surface area contributed by atoms with Crippen LogP contribution in [0.3, 0.4) is 0 Å². The molecule has 1 N–H and O–H groups in total. The monoisotopic (exact) mass is 267 g/mol. The third-order valence-corrected chi connectivity index (χ3v) is 3.50. The molecule has 0 bridgehead atoms. The summed E-state index contributed by atoms with van der Waals surface area (Å²) >= 11 is 0. The lowest BCUT2D eigenvalue weighted by atomic mass is 10.2. The number of rotatable bonds is 3. The van der Waals surface area contributed by atoms with Crippen LogP contribution in [0.15, 0.2) is 48.5 Å². The molecule has 0 fully saturated rings. The summed E-state index contributed by atoms with van der Waals surface area (Å²) in [5, 5.41) is 10.6. The Labute approximate surface area is 118 Å². The van der Waals surface area contributed by atoms with E-state index in [1.54, 1.807) is 18.2 Å². The van der Waals surface area contributed by atoms with Crippen LogP contribution in [0.25, 0.3) is 10.9 Å². The zero-order valence-corrected chi connectivity index (χ0v) is 11.6. The molecule has 1 heterocycles. The number of benzene rings is 2. The van der Waals surface area contributed by atoms with Gasteiger partial charge < -0.3 is 14.4 Å². The van der Waals surface area contributed by atoms with Crippen LogP contribution in [-0.2, 0) is 13.7 Å². The highest BCUT2D eigenvalue weighted by molar-refractivity contribution is 5.81. The van der Waals surface area contributed by atoms with E-state index in [-0.39, 0.29) is 5.75 Å². The molecule has 0 atom stereocenters. The van der Waals surface area contributed by atoms with Gasteiger partial charge in [0.05, 0.1) is 5.69 Å². The molecule has 102 valence electrons. The minimum atomic E-state index is 0.218. The number of fused-ring (bicyclic) bond motifs is 1. The SMILES string of the molecule is Cc1ccc2cc(COc3cccc(O)c3)n(C)c2c1. The summed E-state index contributed by atoms with van der Waals surface area (Å²) in [6.07, 6.45) is 0. The predicted molar refractivity (Wildman–Crippen MR) is 80.1 cm³/mol. The van der Waals surface area contributed by atoms with Crippen LogP contribution in [0.4, 0.5) is 0 Å². The normalized spacial score (nSPS) is 10.9. The maximum absolute atomic E-state index is 9.42. The summed E-state index contributed by atoms with van der Waals surface area (Å²) in [6.45, 7) is 2.57. The quantitative estimate of drug-likeness (QED) is 0.783. The van der Waals surface area contributed by atoms with Crippen LogP contribution < -0.4 is 4.74 Å². The highest BCUT2D eigenvalue weighted by Gasteiger charge is 2.06. The van der Waals surface area contributed by atoms with Crippen molar-refractivity contribution in [1.82, 2.24) is 4.57 Å². The standard InChI is InChI=1S/C17H17NO2/c1-12-6-7-13-9-14(18(2)17(13)8-12)11-20-16-5-3-4-15(19)10-16/h3-10,19H,11H2,1-2H3. The molecule has 0 saturated carbocycles. The summed E-state index contributed by atoms with van der Waals surface area (Å²) in [7, 11) is 2.04. The topological polar surface area (TPSA) is 34.4 Å². The maximum atomic E-state index is 9.42. The third-order valence-electron chi connectivity index (χ3n) is 3.50. The molecule has 0 aliphatic carbocycles. The van der Waals surface area contributed by atoms with Gasteiger partial charge in [-0.05, 0) is 42.1 Å². The van der Waals surface area contributed by atoms with E-state index in [4.69, 9.17) is 4.74 Å². The van der Waals surface area contributed by atoms with E-state index in [0.29, 0.717) is 12.4 Å². The Morgan fingerprint density at radius 1 is 1.10 bits per heavy atom. The third kappa shape index (κ3) is 2.35. The van der Waals surface area contributed by atoms with Gasteiger partial charge in [-0.1, -0.05) is 18.2 Å². The molecule has 0 unspecified atom stereocenters. The van der Waals surface area contributed by atoms with Crippen LogP contribution in [0, 0.1) is 6.92 Å². The van der Waals surface area contributed by atoms with Gasteiger partial charge in [-0.25, -0.2) is 0 Å². The second-order valence-electron chi connectivity index (χ2n) is 5.04. The molecule has 0 spiro atoms. The Hall–Kier alpha value is -2.42. The first-order valence-electron chi connectivity index (χ1n) is 6.60. The van der Waals surface area contributed by atoms with E-state index in [1.807, 2.05) is 13.1 Å². The fraction of sp³-hybridized carbons (Fsp3) is 0.176. The number of aromatic nitrogens is 1. The van der Waals surface area contributed by atoms with Crippen molar-refractivity contribution < 1.29 is 9.84 Å². The van der Waals surface area contributed by atoms with E-state index in [1.165, 1.54) is 16.5 Å². The number of phenols is 1. The lowest BCUT2D eigenvalue weighted by Crippen LogP contribution is -2.01. The lowest BCUT2D eigenvalue weighted by Gasteiger charge is -2.08. The van der Waals surface area contributed by atoms with Crippen molar-refractivity contribution in [2.75, 3.05) is 0 Å². The smallest absolute Gasteiger partial charge is 0.128 e. The molecule has 3 heteroatoms. The molecular formula is C17H17NO2. The summed E-state index contributed by atoms with van der Waals surface area (Å²) in [5.74, 6) is 0.890. The molecule has 0 saturated heterocycles. The molecular weight excluding hydrogens is 250 g/mol. The van der Waals surface area contributed by atoms with Gasteiger partial charge in [0.2, 0.25) is 0 Å². The predicted octanol–water partition coefficient (Wildman–Crippen LogP) is 3.77. The Morgan fingerprint density at radius 2 is 1.95 bits per heavy atom. The molecule has 1 aromatic heterocycles. The zero-order valence-electron chi connectivity index (χ0n) is 11.6. The van der Waals surface area contributed by atoms with Crippen LogP contribution in [-0.4, -0.2) is 9.67 Å². The molecule has 3 rings (SSSR count). The second kappa shape index (κ2) is 4.93. The highest BCUT2D eigenvalue weighted by atomic mass is 16.5. The largest absolute Gasteiger partial charge is 0.508 e. The molecule has 2 aromatic carbocycles. The minimum Gasteiger partial charge on any atom is -0.508 e. The highest BCUT2D eigenvalue weighted by Crippen LogP contribution is 2.23.